The van der Waals surface area contributed by atoms with Gasteiger partial charge in [-0.3, -0.25) is 0 Å². The van der Waals surface area contributed by atoms with Crippen molar-refractivity contribution in [3.63, 3.8) is 0 Å². The van der Waals surface area contributed by atoms with Gasteiger partial charge in [-0.1, -0.05) is 29.8 Å². The van der Waals surface area contributed by atoms with E-state index in [1.54, 1.807) is 0 Å². The number of nitrogens with one attached hydrogen (secondary N) is 1. The molecule has 28 heavy (non-hydrogen) atoms. The minimum absolute atomic E-state index is 0.0265. The van der Waals surface area contributed by atoms with Crippen molar-refractivity contribution in [2.24, 2.45) is 0 Å². The average molecular weight is 382 g/mol. The summed E-state index contributed by atoms with van der Waals surface area (Å²) in [6, 6.07) is 12.3. The molecule has 2 amide bonds. The highest BCUT2D eigenvalue weighted by Gasteiger charge is 2.23. The Balaban J connectivity index is 1.64. The summed E-state index contributed by atoms with van der Waals surface area (Å²) in [5.41, 5.74) is 5.44. The molecule has 1 aliphatic rings. The summed E-state index contributed by atoms with van der Waals surface area (Å²) in [5, 5.41) is 3.11. The van der Waals surface area contributed by atoms with Gasteiger partial charge in [-0.05, 0) is 57.9 Å². The summed E-state index contributed by atoms with van der Waals surface area (Å²) in [6.45, 7) is 13.2. The fourth-order valence-corrected chi connectivity index (χ4v) is 3.79. The molecule has 2 aromatic rings. The van der Waals surface area contributed by atoms with E-state index in [4.69, 9.17) is 4.74 Å². The van der Waals surface area contributed by atoms with Crippen LogP contribution >= 0.6 is 0 Å². The first-order valence-electron chi connectivity index (χ1n) is 9.99. The predicted octanol–water partition coefficient (Wildman–Crippen LogP) is 4.75. The zero-order valence-electron chi connectivity index (χ0n) is 17.6. The second-order valence-electron chi connectivity index (χ2n) is 7.81. The number of ether oxygens (including phenoxy) is 1. The number of urea groups is 1. The van der Waals surface area contributed by atoms with Crippen LogP contribution in [0.2, 0.25) is 0 Å². The number of amides is 2. The molecule has 0 unspecified atom stereocenters. The highest BCUT2D eigenvalue weighted by molar-refractivity contribution is 5.91. The smallest absolute Gasteiger partial charge is 0.321 e. The van der Waals surface area contributed by atoms with Crippen LogP contribution in [0.4, 0.5) is 16.2 Å². The predicted molar refractivity (Wildman–Crippen MR) is 116 cm³/mol. The minimum atomic E-state index is -0.0265. The summed E-state index contributed by atoms with van der Waals surface area (Å²) < 4.78 is 5.95. The molecule has 1 fully saturated rings. The highest BCUT2D eigenvalue weighted by Crippen LogP contribution is 2.30. The number of piperazine rings is 1. The molecule has 1 N–H and O–H groups in total. The van der Waals surface area contributed by atoms with Gasteiger partial charge in [0, 0.05) is 31.9 Å². The Morgan fingerprint density at radius 3 is 2.21 bits per heavy atom. The number of anilines is 2. The maximum Gasteiger partial charge on any atom is 0.321 e. The zero-order chi connectivity index (χ0) is 20.3. The number of hydrogen-bond acceptors (Lipinski definition) is 3. The normalized spacial score (nSPS) is 14.4. The second kappa shape index (κ2) is 8.55. The van der Waals surface area contributed by atoms with Gasteiger partial charge in [0.2, 0.25) is 0 Å². The first kappa shape index (κ1) is 20.1. The first-order chi connectivity index (χ1) is 13.3. The molecule has 0 aromatic heterocycles. The van der Waals surface area contributed by atoms with E-state index in [2.05, 4.69) is 35.3 Å². The van der Waals surface area contributed by atoms with Crippen molar-refractivity contribution in [1.82, 2.24) is 4.90 Å². The average Bonchev–Trinajstić information content (AvgIpc) is 2.64. The Morgan fingerprint density at radius 2 is 1.61 bits per heavy atom. The lowest BCUT2D eigenvalue weighted by atomic mass is 10.1. The molecule has 3 rings (SSSR count). The standard InChI is InChI=1S/C23H31N3O2/c1-16(2)28-21-9-7-6-8-20(21)25-10-12-26(13-11-25)23(27)24-22-18(4)14-17(3)15-19(22)5/h6-9,14-16H,10-13H2,1-5H3,(H,24,27). The van der Waals surface area contributed by atoms with Crippen LogP contribution in [0.25, 0.3) is 0 Å². The molecule has 1 heterocycles. The number of rotatable bonds is 4. The lowest BCUT2D eigenvalue weighted by Crippen LogP contribution is -2.50. The molecule has 0 atom stereocenters. The van der Waals surface area contributed by atoms with Gasteiger partial charge in [-0.2, -0.15) is 0 Å². The van der Waals surface area contributed by atoms with Crippen molar-refractivity contribution >= 4 is 17.4 Å². The molecule has 0 bridgehead atoms. The largest absolute Gasteiger partial charge is 0.489 e. The third-order valence-corrected chi connectivity index (χ3v) is 5.04. The quantitative estimate of drug-likeness (QED) is 0.831. The highest BCUT2D eigenvalue weighted by atomic mass is 16.5. The topological polar surface area (TPSA) is 44.8 Å². The number of nitrogens with zero attached hydrogens (tertiary/aromatic N) is 2. The Labute approximate surface area is 168 Å². The minimum Gasteiger partial charge on any atom is -0.489 e. The Bertz CT molecular complexity index is 816. The second-order valence-corrected chi connectivity index (χ2v) is 7.81. The molecule has 1 aliphatic heterocycles. The van der Waals surface area contributed by atoms with Crippen molar-refractivity contribution in [3.05, 3.63) is 53.1 Å². The number of carbonyl (C=O) groups is 1. The van der Waals surface area contributed by atoms with E-state index in [1.807, 2.05) is 50.8 Å². The monoisotopic (exact) mass is 381 g/mol. The Hall–Kier alpha value is -2.69. The molecule has 0 spiro atoms. The van der Waals surface area contributed by atoms with E-state index in [-0.39, 0.29) is 12.1 Å². The Morgan fingerprint density at radius 1 is 1.00 bits per heavy atom. The van der Waals surface area contributed by atoms with Crippen molar-refractivity contribution in [1.29, 1.82) is 0 Å². The van der Waals surface area contributed by atoms with Gasteiger partial charge < -0.3 is 19.9 Å². The molecular weight excluding hydrogens is 350 g/mol. The fourth-order valence-electron chi connectivity index (χ4n) is 3.79. The van der Waals surface area contributed by atoms with Gasteiger partial charge in [0.05, 0.1) is 11.8 Å². The molecule has 0 saturated carbocycles. The summed E-state index contributed by atoms with van der Waals surface area (Å²) in [5.74, 6) is 0.904. The van der Waals surface area contributed by atoms with E-state index in [1.165, 1.54) is 5.56 Å². The van der Waals surface area contributed by atoms with E-state index >= 15 is 0 Å². The molecule has 0 radical (unpaired) electrons. The lowest BCUT2D eigenvalue weighted by Gasteiger charge is -2.37. The Kier molecular flexibility index (Phi) is 6.12. The lowest BCUT2D eigenvalue weighted by molar-refractivity contribution is 0.207. The van der Waals surface area contributed by atoms with Crippen LogP contribution in [0.1, 0.15) is 30.5 Å². The van der Waals surface area contributed by atoms with Crippen molar-refractivity contribution in [2.75, 3.05) is 36.4 Å². The van der Waals surface area contributed by atoms with Crippen LogP contribution in [0.5, 0.6) is 5.75 Å². The van der Waals surface area contributed by atoms with Gasteiger partial charge in [0.1, 0.15) is 5.75 Å². The molecule has 5 nitrogen and oxygen atoms in total. The number of carbonyl (C=O) groups excluding carboxylic acids is 1. The van der Waals surface area contributed by atoms with E-state index in [0.29, 0.717) is 13.1 Å². The van der Waals surface area contributed by atoms with Gasteiger partial charge in [-0.15, -0.1) is 0 Å². The van der Waals surface area contributed by atoms with Crippen LogP contribution in [0.15, 0.2) is 36.4 Å². The molecular formula is C23H31N3O2. The molecule has 150 valence electrons. The van der Waals surface area contributed by atoms with Gasteiger partial charge in [0.25, 0.3) is 0 Å². The van der Waals surface area contributed by atoms with Gasteiger partial charge in [-0.25, -0.2) is 4.79 Å². The van der Waals surface area contributed by atoms with Crippen LogP contribution in [-0.2, 0) is 0 Å². The summed E-state index contributed by atoms with van der Waals surface area (Å²) >= 11 is 0. The molecule has 5 heteroatoms. The van der Waals surface area contributed by atoms with E-state index < -0.39 is 0 Å². The fraction of sp³-hybridized carbons (Fsp3) is 0.435. The molecule has 0 aliphatic carbocycles. The summed E-state index contributed by atoms with van der Waals surface area (Å²) in [7, 11) is 0. The van der Waals surface area contributed by atoms with Crippen molar-refractivity contribution in [2.45, 2.75) is 40.7 Å². The van der Waals surface area contributed by atoms with Crippen LogP contribution in [0, 0.1) is 20.8 Å². The van der Waals surface area contributed by atoms with Crippen LogP contribution in [-0.4, -0.2) is 43.2 Å². The SMILES string of the molecule is Cc1cc(C)c(NC(=O)N2CCN(c3ccccc3OC(C)C)CC2)c(C)c1. The number of benzene rings is 2. The zero-order valence-corrected chi connectivity index (χ0v) is 17.6. The third-order valence-electron chi connectivity index (χ3n) is 5.04. The van der Waals surface area contributed by atoms with Crippen molar-refractivity contribution in [3.8, 4) is 5.75 Å². The number of hydrogen-bond donors (Lipinski definition) is 1. The van der Waals surface area contributed by atoms with Crippen molar-refractivity contribution < 1.29 is 9.53 Å². The number of para-hydroxylation sites is 2. The molecule has 2 aromatic carbocycles. The van der Waals surface area contributed by atoms with Crippen LogP contribution < -0.4 is 15.0 Å². The number of aryl methyl sites for hydroxylation is 3. The van der Waals surface area contributed by atoms with Gasteiger partial charge in [0.15, 0.2) is 0 Å². The maximum atomic E-state index is 12.8. The first-order valence-corrected chi connectivity index (χ1v) is 9.99. The maximum absolute atomic E-state index is 12.8. The summed E-state index contributed by atoms with van der Waals surface area (Å²) in [6.07, 6.45) is 0.134. The van der Waals surface area contributed by atoms with Gasteiger partial charge >= 0.3 is 6.03 Å². The van der Waals surface area contributed by atoms with E-state index in [0.717, 1.165) is 41.3 Å². The third kappa shape index (κ3) is 4.58. The van der Waals surface area contributed by atoms with Crippen LogP contribution in [0.3, 0.4) is 0 Å². The summed E-state index contributed by atoms with van der Waals surface area (Å²) in [4.78, 5) is 17.0. The molecule has 1 saturated heterocycles. The van der Waals surface area contributed by atoms with E-state index in [9.17, 15) is 4.79 Å².